The molecule has 92 valence electrons. The summed E-state index contributed by atoms with van der Waals surface area (Å²) in [6.07, 6.45) is 3.60. The molecule has 1 aliphatic rings. The maximum atomic E-state index is 11.9. The van der Waals surface area contributed by atoms with Crippen LogP contribution in [0.3, 0.4) is 0 Å². The van der Waals surface area contributed by atoms with Crippen LogP contribution in [0.2, 0.25) is 0 Å². The van der Waals surface area contributed by atoms with E-state index in [0.29, 0.717) is 0 Å². The van der Waals surface area contributed by atoms with Gasteiger partial charge < -0.3 is 4.74 Å². The van der Waals surface area contributed by atoms with Gasteiger partial charge in [0.15, 0.2) is 0 Å². The van der Waals surface area contributed by atoms with Gasteiger partial charge in [0.25, 0.3) is 0 Å². The Morgan fingerprint density at radius 2 is 1.82 bits per heavy atom. The number of nitrogens with zero attached hydrogens (tertiary/aromatic N) is 1. The van der Waals surface area contributed by atoms with Gasteiger partial charge in [0.2, 0.25) is 0 Å². The van der Waals surface area contributed by atoms with E-state index in [2.05, 4.69) is 4.90 Å². The van der Waals surface area contributed by atoms with Crippen LogP contribution in [0.15, 0.2) is 30.3 Å². The molecule has 0 amide bonds. The molecule has 0 bridgehead atoms. The fourth-order valence-corrected chi connectivity index (χ4v) is 2.42. The Morgan fingerprint density at radius 1 is 1.18 bits per heavy atom. The highest BCUT2D eigenvalue weighted by molar-refractivity contribution is 5.77. The predicted molar refractivity (Wildman–Crippen MR) is 66.6 cm³/mol. The van der Waals surface area contributed by atoms with Crippen LogP contribution in [0.1, 0.15) is 30.9 Å². The number of hydrogen-bond acceptors (Lipinski definition) is 3. The van der Waals surface area contributed by atoms with Crippen molar-refractivity contribution in [3.8, 4) is 0 Å². The number of methoxy groups -OCH3 is 1. The average molecular weight is 233 g/mol. The molecule has 1 aromatic carbocycles. The maximum Gasteiger partial charge on any atom is 0.327 e. The quantitative estimate of drug-likeness (QED) is 0.751. The minimum Gasteiger partial charge on any atom is -0.468 e. The Morgan fingerprint density at radius 3 is 2.41 bits per heavy atom. The topological polar surface area (TPSA) is 29.5 Å². The minimum atomic E-state index is -0.235. The fraction of sp³-hybridized carbons (Fsp3) is 0.500. The Bertz CT molecular complexity index is 358. The van der Waals surface area contributed by atoms with Crippen molar-refractivity contribution in [2.75, 3.05) is 20.2 Å². The molecule has 0 unspecified atom stereocenters. The van der Waals surface area contributed by atoms with Gasteiger partial charge in [-0.25, -0.2) is 4.79 Å². The highest BCUT2D eigenvalue weighted by Gasteiger charge is 2.29. The number of esters is 1. The van der Waals surface area contributed by atoms with Crippen LogP contribution in [0.5, 0.6) is 0 Å². The standard InChI is InChI=1S/C14H19NO2/c1-17-14(16)13(12-8-4-2-5-9-12)15-10-6-3-7-11-15/h2,4-5,8-9,13H,3,6-7,10-11H2,1H3/t13-/m1/s1. The lowest BCUT2D eigenvalue weighted by Gasteiger charge is -2.32. The molecular formula is C14H19NO2. The van der Waals surface area contributed by atoms with Crippen molar-refractivity contribution in [1.82, 2.24) is 4.90 Å². The molecule has 0 aromatic heterocycles. The largest absolute Gasteiger partial charge is 0.468 e. The normalized spacial score (nSPS) is 18.6. The van der Waals surface area contributed by atoms with Gasteiger partial charge in [0.05, 0.1) is 7.11 Å². The van der Waals surface area contributed by atoms with E-state index in [0.717, 1.165) is 18.7 Å². The fourth-order valence-electron chi connectivity index (χ4n) is 2.42. The number of hydrogen-bond donors (Lipinski definition) is 0. The molecule has 0 saturated carbocycles. The number of likely N-dealkylation sites (tertiary alicyclic amines) is 1. The van der Waals surface area contributed by atoms with E-state index >= 15 is 0 Å². The van der Waals surface area contributed by atoms with Crippen LogP contribution < -0.4 is 0 Å². The zero-order valence-electron chi connectivity index (χ0n) is 10.3. The van der Waals surface area contributed by atoms with E-state index in [1.54, 1.807) is 0 Å². The average Bonchev–Trinajstić information content (AvgIpc) is 2.41. The number of piperidine rings is 1. The molecule has 1 saturated heterocycles. The first-order chi connectivity index (χ1) is 8.33. The summed E-state index contributed by atoms with van der Waals surface area (Å²) < 4.78 is 4.94. The number of benzene rings is 1. The van der Waals surface area contributed by atoms with E-state index in [9.17, 15) is 4.79 Å². The Kier molecular flexibility index (Phi) is 4.15. The van der Waals surface area contributed by atoms with Gasteiger partial charge >= 0.3 is 5.97 Å². The molecule has 1 atom stereocenters. The van der Waals surface area contributed by atoms with Crippen LogP contribution in [-0.2, 0) is 9.53 Å². The molecule has 17 heavy (non-hydrogen) atoms. The summed E-state index contributed by atoms with van der Waals surface area (Å²) in [4.78, 5) is 14.2. The summed E-state index contributed by atoms with van der Waals surface area (Å²) >= 11 is 0. The summed E-state index contributed by atoms with van der Waals surface area (Å²) in [6.45, 7) is 1.96. The van der Waals surface area contributed by atoms with Crippen LogP contribution >= 0.6 is 0 Å². The van der Waals surface area contributed by atoms with Gasteiger partial charge in [-0.05, 0) is 31.5 Å². The first-order valence-corrected chi connectivity index (χ1v) is 6.20. The molecule has 1 aromatic rings. The van der Waals surface area contributed by atoms with E-state index in [1.165, 1.54) is 26.4 Å². The van der Waals surface area contributed by atoms with Gasteiger partial charge in [0.1, 0.15) is 6.04 Å². The number of carbonyl (C=O) groups is 1. The van der Waals surface area contributed by atoms with Crippen molar-refractivity contribution >= 4 is 5.97 Å². The summed E-state index contributed by atoms with van der Waals surface area (Å²) in [5, 5.41) is 0. The second-order valence-electron chi connectivity index (χ2n) is 4.43. The maximum absolute atomic E-state index is 11.9. The van der Waals surface area contributed by atoms with Gasteiger partial charge in [-0.1, -0.05) is 36.8 Å². The Hall–Kier alpha value is -1.35. The van der Waals surface area contributed by atoms with Gasteiger partial charge in [-0.15, -0.1) is 0 Å². The third-order valence-electron chi connectivity index (χ3n) is 3.30. The van der Waals surface area contributed by atoms with Gasteiger partial charge in [-0.3, -0.25) is 4.90 Å². The summed E-state index contributed by atoms with van der Waals surface area (Å²) in [6, 6.07) is 9.66. The molecule has 1 heterocycles. The van der Waals surface area contributed by atoms with Crippen molar-refractivity contribution in [3.63, 3.8) is 0 Å². The van der Waals surface area contributed by atoms with Crippen molar-refractivity contribution in [1.29, 1.82) is 0 Å². The highest BCUT2D eigenvalue weighted by Crippen LogP contribution is 2.25. The van der Waals surface area contributed by atoms with Crippen molar-refractivity contribution in [3.05, 3.63) is 35.9 Å². The van der Waals surface area contributed by atoms with Crippen LogP contribution in [-0.4, -0.2) is 31.1 Å². The zero-order chi connectivity index (χ0) is 12.1. The highest BCUT2D eigenvalue weighted by atomic mass is 16.5. The third-order valence-corrected chi connectivity index (χ3v) is 3.30. The number of rotatable bonds is 3. The molecule has 0 N–H and O–H groups in total. The lowest BCUT2D eigenvalue weighted by atomic mass is 10.0. The first kappa shape index (κ1) is 12.1. The smallest absolute Gasteiger partial charge is 0.327 e. The zero-order valence-corrected chi connectivity index (χ0v) is 10.3. The first-order valence-electron chi connectivity index (χ1n) is 6.20. The van der Waals surface area contributed by atoms with Crippen molar-refractivity contribution < 1.29 is 9.53 Å². The number of ether oxygens (including phenoxy) is 1. The lowest BCUT2D eigenvalue weighted by Crippen LogP contribution is -2.38. The number of carbonyl (C=O) groups excluding carboxylic acids is 1. The third kappa shape index (κ3) is 2.86. The molecule has 0 spiro atoms. The molecular weight excluding hydrogens is 214 g/mol. The predicted octanol–water partition coefficient (Wildman–Crippen LogP) is 2.39. The van der Waals surface area contributed by atoms with Crippen LogP contribution in [0.4, 0.5) is 0 Å². The summed E-state index contributed by atoms with van der Waals surface area (Å²) in [7, 11) is 1.46. The lowest BCUT2D eigenvalue weighted by molar-refractivity contribution is -0.147. The van der Waals surface area contributed by atoms with Gasteiger partial charge in [0, 0.05) is 0 Å². The molecule has 3 nitrogen and oxygen atoms in total. The van der Waals surface area contributed by atoms with E-state index in [-0.39, 0.29) is 12.0 Å². The molecule has 2 rings (SSSR count). The van der Waals surface area contributed by atoms with Crippen LogP contribution in [0.25, 0.3) is 0 Å². The van der Waals surface area contributed by atoms with Crippen molar-refractivity contribution in [2.24, 2.45) is 0 Å². The van der Waals surface area contributed by atoms with Crippen LogP contribution in [0, 0.1) is 0 Å². The molecule has 0 radical (unpaired) electrons. The second-order valence-corrected chi connectivity index (χ2v) is 4.43. The molecule has 0 aliphatic carbocycles. The van der Waals surface area contributed by atoms with E-state index < -0.39 is 0 Å². The van der Waals surface area contributed by atoms with Crippen molar-refractivity contribution in [2.45, 2.75) is 25.3 Å². The monoisotopic (exact) mass is 233 g/mol. The van der Waals surface area contributed by atoms with E-state index in [1.807, 2.05) is 30.3 Å². The van der Waals surface area contributed by atoms with Gasteiger partial charge in [-0.2, -0.15) is 0 Å². The summed E-state index contributed by atoms with van der Waals surface area (Å²) in [5.74, 6) is -0.155. The molecule has 1 fully saturated rings. The minimum absolute atomic E-state index is 0.155. The SMILES string of the molecule is COC(=O)[C@@H](c1ccccc1)N1CCCCC1. The Balaban J connectivity index is 2.21. The Labute approximate surface area is 102 Å². The second kappa shape index (κ2) is 5.82. The molecule has 3 heteroatoms. The van der Waals surface area contributed by atoms with E-state index in [4.69, 9.17) is 4.74 Å². The molecule has 1 aliphatic heterocycles. The summed E-state index contributed by atoms with van der Waals surface area (Å²) in [5.41, 5.74) is 1.03.